The molecule has 0 aromatic carbocycles. The molecule has 1 heterocycles. The second-order valence-electron chi connectivity index (χ2n) is 3.15. The largest absolute Gasteiger partial charge is 0.300 e. The van der Waals surface area contributed by atoms with E-state index in [1.54, 1.807) is 0 Å². The van der Waals surface area contributed by atoms with E-state index in [4.69, 9.17) is 0 Å². The standard InChI is InChI=1S/C9H15N3OS/c1-4-6(3)8(13)10-9-12-11-7(5-2)14-9/h6H,4-5H2,1-3H3,(H,10,12,13)/t6-/m1/s1. The van der Waals surface area contributed by atoms with Gasteiger partial charge >= 0.3 is 0 Å². The van der Waals surface area contributed by atoms with E-state index >= 15 is 0 Å². The fourth-order valence-electron chi connectivity index (χ4n) is 0.861. The van der Waals surface area contributed by atoms with Gasteiger partial charge in [-0.05, 0) is 12.8 Å². The number of rotatable bonds is 4. The molecule has 1 atom stereocenters. The summed E-state index contributed by atoms with van der Waals surface area (Å²) >= 11 is 1.43. The molecule has 1 amide bonds. The summed E-state index contributed by atoms with van der Waals surface area (Å²) in [5, 5.41) is 12.1. The summed E-state index contributed by atoms with van der Waals surface area (Å²) in [6.07, 6.45) is 1.70. The minimum Gasteiger partial charge on any atom is -0.300 e. The van der Waals surface area contributed by atoms with Crippen LogP contribution in [-0.2, 0) is 11.2 Å². The SMILES string of the molecule is CCc1nnc(NC(=O)[C@H](C)CC)s1. The van der Waals surface area contributed by atoms with Crippen LogP contribution in [0.2, 0.25) is 0 Å². The number of nitrogens with zero attached hydrogens (tertiary/aromatic N) is 2. The number of aryl methyl sites for hydroxylation is 1. The van der Waals surface area contributed by atoms with Crippen molar-refractivity contribution < 1.29 is 4.79 Å². The number of hydrogen-bond donors (Lipinski definition) is 1. The van der Waals surface area contributed by atoms with Crippen LogP contribution in [0.25, 0.3) is 0 Å². The summed E-state index contributed by atoms with van der Waals surface area (Å²) in [5.41, 5.74) is 0. The number of anilines is 1. The summed E-state index contributed by atoms with van der Waals surface area (Å²) < 4.78 is 0. The summed E-state index contributed by atoms with van der Waals surface area (Å²) in [6.45, 7) is 5.90. The zero-order valence-corrected chi connectivity index (χ0v) is 9.52. The molecule has 14 heavy (non-hydrogen) atoms. The Labute approximate surface area is 87.7 Å². The van der Waals surface area contributed by atoms with Crippen molar-refractivity contribution in [3.05, 3.63) is 5.01 Å². The maximum atomic E-state index is 11.5. The van der Waals surface area contributed by atoms with Crippen molar-refractivity contribution in [3.63, 3.8) is 0 Å². The number of hydrogen-bond acceptors (Lipinski definition) is 4. The zero-order chi connectivity index (χ0) is 10.6. The van der Waals surface area contributed by atoms with Crippen LogP contribution in [-0.4, -0.2) is 16.1 Å². The first kappa shape index (κ1) is 11.1. The summed E-state index contributed by atoms with van der Waals surface area (Å²) in [7, 11) is 0. The van der Waals surface area contributed by atoms with Crippen LogP contribution in [0.4, 0.5) is 5.13 Å². The van der Waals surface area contributed by atoms with Crippen molar-refractivity contribution >= 4 is 22.4 Å². The van der Waals surface area contributed by atoms with Crippen molar-refractivity contribution in [2.45, 2.75) is 33.6 Å². The molecule has 0 unspecified atom stereocenters. The van der Waals surface area contributed by atoms with E-state index in [9.17, 15) is 4.79 Å². The first-order valence-electron chi connectivity index (χ1n) is 4.80. The zero-order valence-electron chi connectivity index (χ0n) is 8.70. The molecule has 0 fully saturated rings. The third-order valence-corrected chi connectivity index (χ3v) is 3.04. The van der Waals surface area contributed by atoms with E-state index in [1.807, 2.05) is 20.8 Å². The lowest BCUT2D eigenvalue weighted by atomic mass is 10.1. The quantitative estimate of drug-likeness (QED) is 0.833. The van der Waals surface area contributed by atoms with E-state index in [0.29, 0.717) is 5.13 Å². The van der Waals surface area contributed by atoms with Crippen LogP contribution >= 0.6 is 11.3 Å². The summed E-state index contributed by atoms with van der Waals surface area (Å²) in [4.78, 5) is 11.5. The Balaban J connectivity index is 2.56. The molecule has 0 aliphatic heterocycles. The van der Waals surface area contributed by atoms with Gasteiger partial charge in [0.15, 0.2) is 0 Å². The molecular formula is C9H15N3OS. The van der Waals surface area contributed by atoms with Gasteiger partial charge in [-0.25, -0.2) is 0 Å². The van der Waals surface area contributed by atoms with Crippen molar-refractivity contribution in [3.8, 4) is 0 Å². The van der Waals surface area contributed by atoms with Crippen LogP contribution in [0.15, 0.2) is 0 Å². The van der Waals surface area contributed by atoms with Gasteiger partial charge in [0.05, 0.1) is 0 Å². The molecule has 1 N–H and O–H groups in total. The normalized spacial score (nSPS) is 12.5. The molecule has 4 nitrogen and oxygen atoms in total. The van der Waals surface area contributed by atoms with Crippen LogP contribution in [0, 0.1) is 5.92 Å². The van der Waals surface area contributed by atoms with Crippen molar-refractivity contribution in [1.82, 2.24) is 10.2 Å². The van der Waals surface area contributed by atoms with Gasteiger partial charge in [-0.1, -0.05) is 32.1 Å². The topological polar surface area (TPSA) is 54.9 Å². The third kappa shape index (κ3) is 2.77. The maximum Gasteiger partial charge on any atom is 0.229 e. The van der Waals surface area contributed by atoms with Crippen LogP contribution in [0.3, 0.4) is 0 Å². The van der Waals surface area contributed by atoms with Crippen LogP contribution < -0.4 is 5.32 Å². The summed E-state index contributed by atoms with van der Waals surface area (Å²) in [5.74, 6) is 0.0512. The van der Waals surface area contributed by atoms with E-state index in [1.165, 1.54) is 11.3 Å². The molecule has 78 valence electrons. The predicted molar refractivity (Wildman–Crippen MR) is 57.4 cm³/mol. The molecule has 1 rings (SSSR count). The molecule has 0 saturated carbocycles. The first-order chi connectivity index (χ1) is 6.67. The fourth-order valence-corrected chi connectivity index (χ4v) is 1.54. The minimum atomic E-state index is 0.0197. The van der Waals surface area contributed by atoms with Gasteiger partial charge in [0, 0.05) is 5.92 Å². The van der Waals surface area contributed by atoms with Gasteiger partial charge in [-0.2, -0.15) is 0 Å². The Morgan fingerprint density at radius 2 is 2.21 bits per heavy atom. The maximum absolute atomic E-state index is 11.5. The number of carbonyl (C=O) groups is 1. The molecule has 0 aliphatic rings. The second kappa shape index (κ2) is 5.05. The molecule has 5 heteroatoms. The summed E-state index contributed by atoms with van der Waals surface area (Å²) in [6, 6.07) is 0. The van der Waals surface area contributed by atoms with Gasteiger partial charge in [0.1, 0.15) is 5.01 Å². The smallest absolute Gasteiger partial charge is 0.229 e. The molecule has 1 aromatic rings. The van der Waals surface area contributed by atoms with E-state index in [0.717, 1.165) is 17.8 Å². The molecule has 0 bridgehead atoms. The van der Waals surface area contributed by atoms with Crippen molar-refractivity contribution in [1.29, 1.82) is 0 Å². The van der Waals surface area contributed by atoms with E-state index < -0.39 is 0 Å². The second-order valence-corrected chi connectivity index (χ2v) is 4.22. The van der Waals surface area contributed by atoms with E-state index in [2.05, 4.69) is 15.5 Å². The molecule has 1 aromatic heterocycles. The Hall–Kier alpha value is -0.970. The van der Waals surface area contributed by atoms with Crippen molar-refractivity contribution in [2.75, 3.05) is 5.32 Å². The Bertz CT molecular complexity index is 311. The highest BCUT2D eigenvalue weighted by atomic mass is 32.1. The molecular weight excluding hydrogens is 198 g/mol. The highest BCUT2D eigenvalue weighted by Gasteiger charge is 2.12. The van der Waals surface area contributed by atoms with Gasteiger partial charge < -0.3 is 5.32 Å². The molecule has 0 aliphatic carbocycles. The monoisotopic (exact) mass is 213 g/mol. The third-order valence-electron chi connectivity index (χ3n) is 2.06. The molecule has 0 saturated heterocycles. The lowest BCUT2D eigenvalue weighted by Gasteiger charge is -2.05. The fraction of sp³-hybridized carbons (Fsp3) is 0.667. The van der Waals surface area contributed by atoms with Crippen LogP contribution in [0.5, 0.6) is 0 Å². The lowest BCUT2D eigenvalue weighted by molar-refractivity contribution is -0.119. The number of aromatic nitrogens is 2. The number of carbonyl (C=O) groups excluding carboxylic acids is 1. The number of amides is 1. The highest BCUT2D eigenvalue weighted by Crippen LogP contribution is 2.16. The number of nitrogens with one attached hydrogen (secondary N) is 1. The highest BCUT2D eigenvalue weighted by molar-refractivity contribution is 7.15. The molecule has 0 spiro atoms. The van der Waals surface area contributed by atoms with Gasteiger partial charge in [-0.3, -0.25) is 4.79 Å². The van der Waals surface area contributed by atoms with Gasteiger partial charge in [0.2, 0.25) is 11.0 Å². The Kier molecular flexibility index (Phi) is 4.00. The van der Waals surface area contributed by atoms with Crippen LogP contribution in [0.1, 0.15) is 32.2 Å². The van der Waals surface area contributed by atoms with Gasteiger partial charge in [-0.15, -0.1) is 10.2 Å². The van der Waals surface area contributed by atoms with Crippen molar-refractivity contribution in [2.24, 2.45) is 5.92 Å². The Morgan fingerprint density at radius 3 is 2.71 bits per heavy atom. The minimum absolute atomic E-state index is 0.0197. The average Bonchev–Trinajstić information content (AvgIpc) is 2.64. The van der Waals surface area contributed by atoms with E-state index in [-0.39, 0.29) is 11.8 Å². The van der Waals surface area contributed by atoms with Gasteiger partial charge in [0.25, 0.3) is 0 Å². The predicted octanol–water partition coefficient (Wildman–Crippen LogP) is 2.09. The molecule has 0 radical (unpaired) electrons. The Morgan fingerprint density at radius 1 is 1.50 bits per heavy atom. The lowest BCUT2D eigenvalue weighted by Crippen LogP contribution is -2.19. The average molecular weight is 213 g/mol. The first-order valence-corrected chi connectivity index (χ1v) is 5.62.